The minimum Gasteiger partial charge on any atom is -0.319 e. The molecule has 1 aliphatic heterocycles. The second-order valence-electron chi connectivity index (χ2n) is 5.56. The Morgan fingerprint density at radius 2 is 1.54 bits per heavy atom. The van der Waals surface area contributed by atoms with Gasteiger partial charge in [-0.2, -0.15) is 22.0 Å². The third-order valence-electron chi connectivity index (χ3n) is 3.95. The van der Waals surface area contributed by atoms with E-state index in [1.54, 1.807) is 30.3 Å². The number of hydrogen-bond donors (Lipinski definition) is 0. The molecule has 0 radical (unpaired) electrons. The van der Waals surface area contributed by atoms with Crippen LogP contribution >= 0.6 is 0 Å². The molecule has 1 heterocycles. The quantitative estimate of drug-likeness (QED) is 0.598. The molecule has 0 N–H and O–H groups in total. The van der Waals surface area contributed by atoms with Gasteiger partial charge in [0.15, 0.2) is 0 Å². The summed E-state index contributed by atoms with van der Waals surface area (Å²) < 4.78 is 65.7. The molecule has 1 fully saturated rings. The lowest BCUT2D eigenvalue weighted by Crippen LogP contribution is -2.63. The number of benzene rings is 2. The highest BCUT2D eigenvalue weighted by molar-refractivity contribution is 5.91. The highest BCUT2D eigenvalue weighted by Gasteiger charge is 2.63. The largest absolute Gasteiger partial charge is 0.416 e. The molecule has 2 aromatic carbocycles. The first-order valence-electron chi connectivity index (χ1n) is 7.11. The van der Waals surface area contributed by atoms with Gasteiger partial charge in [-0.1, -0.05) is 42.5 Å². The van der Waals surface area contributed by atoms with Crippen molar-refractivity contribution in [3.8, 4) is 0 Å². The Labute approximate surface area is 134 Å². The number of nitrogens with zero attached hydrogens (tertiary/aromatic N) is 1. The molecule has 0 bridgehead atoms. The molecular weight excluding hydrogens is 329 g/mol. The van der Waals surface area contributed by atoms with Gasteiger partial charge in [0.05, 0.1) is 5.56 Å². The van der Waals surface area contributed by atoms with E-state index >= 15 is 0 Å². The van der Waals surface area contributed by atoms with Crippen molar-refractivity contribution >= 4 is 5.91 Å². The normalized spacial score (nSPS) is 20.0. The van der Waals surface area contributed by atoms with E-state index in [4.69, 9.17) is 0 Å². The van der Waals surface area contributed by atoms with Gasteiger partial charge in [-0.05, 0) is 23.3 Å². The molecule has 1 aliphatic rings. The van der Waals surface area contributed by atoms with Gasteiger partial charge >= 0.3 is 12.1 Å². The van der Waals surface area contributed by atoms with E-state index in [-0.39, 0.29) is 12.1 Å². The van der Waals surface area contributed by atoms with E-state index in [2.05, 4.69) is 0 Å². The lowest BCUT2D eigenvalue weighted by molar-refractivity contribution is -0.207. The van der Waals surface area contributed by atoms with Crippen molar-refractivity contribution in [1.82, 2.24) is 4.90 Å². The summed E-state index contributed by atoms with van der Waals surface area (Å²) in [6, 6.07) is 10.5. The van der Waals surface area contributed by atoms with Crippen molar-refractivity contribution in [3.63, 3.8) is 0 Å². The predicted octanol–water partition coefficient (Wildman–Crippen LogP) is 4.42. The molecule has 0 spiro atoms. The molecule has 1 saturated heterocycles. The Kier molecular flexibility index (Phi) is 3.81. The Morgan fingerprint density at radius 3 is 2.08 bits per heavy atom. The molecule has 0 aliphatic carbocycles. The van der Waals surface area contributed by atoms with Gasteiger partial charge < -0.3 is 4.90 Å². The van der Waals surface area contributed by atoms with E-state index in [1.165, 1.54) is 0 Å². The summed E-state index contributed by atoms with van der Waals surface area (Å²) in [6.07, 6.45) is -4.54. The predicted molar refractivity (Wildman–Crippen MR) is 76.1 cm³/mol. The minimum atomic E-state index is -4.54. The fourth-order valence-electron chi connectivity index (χ4n) is 2.74. The average molecular weight is 341 g/mol. The second-order valence-corrected chi connectivity index (χ2v) is 5.56. The number of likely N-dealkylation sites (tertiary alicyclic amines) is 1. The van der Waals surface area contributed by atoms with Gasteiger partial charge in [-0.3, -0.25) is 4.79 Å². The zero-order chi connectivity index (χ0) is 17.5. The van der Waals surface area contributed by atoms with E-state index in [9.17, 15) is 26.7 Å². The summed E-state index contributed by atoms with van der Waals surface area (Å²) in [4.78, 5) is 12.7. The minimum absolute atomic E-state index is 0.0245. The molecule has 1 atom stereocenters. The van der Waals surface area contributed by atoms with Gasteiger partial charge in [0.25, 0.3) is 5.91 Å². The Bertz CT molecular complexity index is 740. The van der Waals surface area contributed by atoms with Crippen LogP contribution in [0, 0.1) is 0 Å². The van der Waals surface area contributed by atoms with Crippen LogP contribution in [0.3, 0.4) is 0 Å². The van der Waals surface area contributed by atoms with Crippen LogP contribution in [-0.4, -0.2) is 16.7 Å². The molecule has 0 unspecified atom stereocenters. The molecule has 126 valence electrons. The lowest BCUT2D eigenvalue weighted by Gasteiger charge is -2.46. The van der Waals surface area contributed by atoms with Gasteiger partial charge in [-0.15, -0.1) is 0 Å². The molecule has 3 rings (SSSR count). The third-order valence-corrected chi connectivity index (χ3v) is 3.95. The summed E-state index contributed by atoms with van der Waals surface area (Å²) in [5.41, 5.74) is -0.281. The summed E-state index contributed by atoms with van der Waals surface area (Å²) >= 11 is 0. The van der Waals surface area contributed by atoms with E-state index in [1.807, 2.05) is 0 Å². The van der Waals surface area contributed by atoms with Crippen molar-refractivity contribution in [3.05, 3.63) is 71.3 Å². The summed E-state index contributed by atoms with van der Waals surface area (Å²) in [7, 11) is 0. The van der Waals surface area contributed by atoms with Crippen molar-refractivity contribution in [1.29, 1.82) is 0 Å². The first kappa shape index (κ1) is 16.4. The topological polar surface area (TPSA) is 20.3 Å². The highest BCUT2D eigenvalue weighted by Crippen LogP contribution is 2.48. The number of hydrogen-bond acceptors (Lipinski definition) is 1. The first-order chi connectivity index (χ1) is 11.2. The van der Waals surface area contributed by atoms with Crippen LogP contribution in [0.1, 0.15) is 22.7 Å². The van der Waals surface area contributed by atoms with Crippen molar-refractivity contribution in [2.45, 2.75) is 24.7 Å². The third kappa shape index (κ3) is 2.74. The van der Waals surface area contributed by atoms with Crippen LogP contribution in [0.2, 0.25) is 0 Å². The van der Waals surface area contributed by atoms with Crippen molar-refractivity contribution in [2.75, 3.05) is 0 Å². The van der Waals surface area contributed by atoms with Crippen LogP contribution < -0.4 is 0 Å². The van der Waals surface area contributed by atoms with Crippen LogP contribution in [0.15, 0.2) is 54.6 Å². The van der Waals surface area contributed by atoms with Crippen LogP contribution in [-0.2, 0) is 17.5 Å². The average Bonchev–Trinajstić information content (AvgIpc) is 2.54. The lowest BCUT2D eigenvalue weighted by atomic mass is 9.88. The monoisotopic (exact) mass is 341 g/mol. The maximum absolute atomic E-state index is 14.0. The molecule has 1 amide bonds. The molecular formula is C17H12F5NO. The molecule has 2 aromatic rings. The van der Waals surface area contributed by atoms with Crippen LogP contribution in [0.5, 0.6) is 0 Å². The van der Waals surface area contributed by atoms with Gasteiger partial charge in [-0.25, -0.2) is 0 Å². The smallest absolute Gasteiger partial charge is 0.319 e. The molecule has 0 aromatic heterocycles. The zero-order valence-electron chi connectivity index (χ0n) is 12.2. The number of amides is 1. The van der Waals surface area contributed by atoms with Gasteiger partial charge in [0.2, 0.25) is 0 Å². The standard InChI is InChI=1S/C17H12F5NO/c18-16(19)14(12-6-8-13(9-7-12)17(20,21)22)23(15(16)24)10-11-4-2-1-3-5-11/h1-9,14H,10H2/t14-/m0/s1. The number of β-lactam (4-membered cyclic amide) rings is 1. The van der Waals surface area contributed by atoms with E-state index < -0.39 is 29.6 Å². The fourth-order valence-corrected chi connectivity index (χ4v) is 2.74. The first-order valence-corrected chi connectivity index (χ1v) is 7.11. The number of rotatable bonds is 3. The number of carbonyl (C=O) groups excluding carboxylic acids is 1. The van der Waals surface area contributed by atoms with E-state index in [0.29, 0.717) is 5.56 Å². The number of alkyl halides is 5. The van der Waals surface area contributed by atoms with Crippen molar-refractivity contribution in [2.24, 2.45) is 0 Å². The SMILES string of the molecule is O=C1N(Cc2ccccc2)[C@@H](c2ccc(C(F)(F)F)cc2)C1(F)F. The molecule has 0 saturated carbocycles. The summed E-state index contributed by atoms with van der Waals surface area (Å²) in [5.74, 6) is -4.94. The van der Waals surface area contributed by atoms with Gasteiger partial charge in [0, 0.05) is 6.54 Å². The summed E-state index contributed by atoms with van der Waals surface area (Å²) in [5, 5.41) is 0. The zero-order valence-corrected chi connectivity index (χ0v) is 12.2. The maximum Gasteiger partial charge on any atom is 0.416 e. The Hall–Kier alpha value is -2.44. The van der Waals surface area contributed by atoms with Gasteiger partial charge in [0.1, 0.15) is 6.04 Å². The molecule has 24 heavy (non-hydrogen) atoms. The van der Waals surface area contributed by atoms with Crippen molar-refractivity contribution < 1.29 is 26.7 Å². The van der Waals surface area contributed by atoms with Crippen LogP contribution in [0.25, 0.3) is 0 Å². The number of carbonyl (C=O) groups is 1. The molecule has 7 heteroatoms. The Balaban J connectivity index is 1.87. The molecule has 2 nitrogen and oxygen atoms in total. The van der Waals surface area contributed by atoms with E-state index in [0.717, 1.165) is 29.2 Å². The fraction of sp³-hybridized carbons (Fsp3) is 0.235. The summed E-state index contributed by atoms with van der Waals surface area (Å²) in [6.45, 7) is -0.0268. The second kappa shape index (κ2) is 5.58. The maximum atomic E-state index is 14.0. The van der Waals surface area contributed by atoms with Crippen LogP contribution in [0.4, 0.5) is 22.0 Å². The Morgan fingerprint density at radius 1 is 0.958 bits per heavy atom. The number of halogens is 5. The highest BCUT2D eigenvalue weighted by atomic mass is 19.4.